The highest BCUT2D eigenvalue weighted by Gasteiger charge is 2.38. The zero-order valence-electron chi connectivity index (χ0n) is 22.2. The zero-order valence-corrected chi connectivity index (χ0v) is 23.0. The van der Waals surface area contributed by atoms with Crippen LogP contribution >= 0.6 is 11.8 Å². The first-order valence-electron chi connectivity index (χ1n) is 13.7. The Hall–Kier alpha value is -2.80. The van der Waals surface area contributed by atoms with Crippen molar-refractivity contribution < 1.29 is 14.3 Å². The van der Waals surface area contributed by atoms with Crippen molar-refractivity contribution in [1.29, 1.82) is 0 Å². The molecule has 2 heterocycles. The van der Waals surface area contributed by atoms with E-state index in [1.54, 1.807) is 19.5 Å². The SMILES string of the molecule is CCCCCCCCOc1ccc(/C=C2\SC(=Nc3cccnc3)N(C3CCCCC3)C2=O)cc1OC. The number of amidine groups is 1. The predicted octanol–water partition coefficient (Wildman–Crippen LogP) is 7.77. The molecule has 1 aromatic heterocycles. The third kappa shape index (κ3) is 7.60. The third-order valence-corrected chi connectivity index (χ3v) is 7.87. The number of aliphatic imine (C=N–C) groups is 1. The minimum Gasteiger partial charge on any atom is -0.493 e. The minimum absolute atomic E-state index is 0.0295. The van der Waals surface area contributed by atoms with Crippen LogP contribution in [0.4, 0.5) is 5.69 Å². The molecule has 198 valence electrons. The standard InChI is InChI=1S/C30H39N3O3S/c1-3-4-5-6-7-11-19-36-26-17-16-23(20-27(26)35-2)21-28-29(34)33(25-14-9-8-10-15-25)30(37-28)32-24-13-12-18-31-22-24/h12-13,16-18,20-22,25H,3-11,14-15,19H2,1-2H3/b28-21-,32-30?. The average Bonchev–Trinajstić information content (AvgIpc) is 3.23. The topological polar surface area (TPSA) is 64.0 Å². The van der Waals surface area contributed by atoms with Gasteiger partial charge in [-0.05, 0) is 66.9 Å². The van der Waals surface area contributed by atoms with Gasteiger partial charge in [-0.2, -0.15) is 0 Å². The number of methoxy groups -OCH3 is 1. The molecule has 1 aliphatic heterocycles. The number of ether oxygens (including phenoxy) is 2. The monoisotopic (exact) mass is 521 g/mol. The maximum Gasteiger partial charge on any atom is 0.267 e. The second-order valence-electron chi connectivity index (χ2n) is 9.71. The molecule has 37 heavy (non-hydrogen) atoms. The summed E-state index contributed by atoms with van der Waals surface area (Å²) < 4.78 is 11.6. The molecule has 1 amide bonds. The molecule has 7 heteroatoms. The molecule has 0 bridgehead atoms. The number of rotatable bonds is 12. The van der Waals surface area contributed by atoms with E-state index in [2.05, 4.69) is 11.9 Å². The van der Waals surface area contributed by atoms with Crippen LogP contribution in [0.5, 0.6) is 11.5 Å². The van der Waals surface area contributed by atoms with E-state index in [0.29, 0.717) is 17.3 Å². The van der Waals surface area contributed by atoms with Crippen LogP contribution < -0.4 is 9.47 Å². The van der Waals surface area contributed by atoms with Crippen molar-refractivity contribution in [1.82, 2.24) is 9.88 Å². The molecular formula is C30H39N3O3S. The van der Waals surface area contributed by atoms with E-state index in [0.717, 1.165) is 54.3 Å². The van der Waals surface area contributed by atoms with Crippen molar-refractivity contribution in [3.05, 3.63) is 53.2 Å². The van der Waals surface area contributed by atoms with Crippen LogP contribution in [0.3, 0.4) is 0 Å². The van der Waals surface area contributed by atoms with E-state index in [-0.39, 0.29) is 11.9 Å². The molecule has 2 fully saturated rings. The normalized spacial score (nSPS) is 18.6. The molecule has 4 rings (SSSR count). The van der Waals surface area contributed by atoms with Gasteiger partial charge in [-0.15, -0.1) is 0 Å². The number of nitrogens with zero attached hydrogens (tertiary/aromatic N) is 3. The summed E-state index contributed by atoms with van der Waals surface area (Å²) in [6, 6.07) is 9.85. The number of hydrogen-bond donors (Lipinski definition) is 0. The summed E-state index contributed by atoms with van der Waals surface area (Å²) in [7, 11) is 1.66. The zero-order chi connectivity index (χ0) is 25.9. The van der Waals surface area contributed by atoms with Crippen LogP contribution in [0.15, 0.2) is 52.6 Å². The van der Waals surface area contributed by atoms with Gasteiger partial charge >= 0.3 is 0 Å². The fourth-order valence-corrected chi connectivity index (χ4v) is 5.92. The first-order valence-corrected chi connectivity index (χ1v) is 14.5. The molecule has 0 atom stereocenters. The van der Waals surface area contributed by atoms with E-state index in [1.807, 2.05) is 41.3 Å². The predicted molar refractivity (Wildman–Crippen MR) is 152 cm³/mol. The molecular weight excluding hydrogens is 482 g/mol. The summed E-state index contributed by atoms with van der Waals surface area (Å²) in [6.07, 6.45) is 18.3. The van der Waals surface area contributed by atoms with E-state index in [9.17, 15) is 4.79 Å². The van der Waals surface area contributed by atoms with Crippen LogP contribution in [0, 0.1) is 0 Å². The van der Waals surface area contributed by atoms with Crippen LogP contribution in [0.1, 0.15) is 83.1 Å². The number of carbonyl (C=O) groups is 1. The summed E-state index contributed by atoms with van der Waals surface area (Å²) in [4.78, 5) is 25.2. The second-order valence-corrected chi connectivity index (χ2v) is 10.7. The lowest BCUT2D eigenvalue weighted by Crippen LogP contribution is -2.40. The van der Waals surface area contributed by atoms with Crippen LogP contribution in [-0.4, -0.2) is 40.7 Å². The van der Waals surface area contributed by atoms with Gasteiger partial charge < -0.3 is 9.47 Å². The maximum absolute atomic E-state index is 13.6. The molecule has 0 radical (unpaired) electrons. The largest absolute Gasteiger partial charge is 0.493 e. The first kappa shape index (κ1) is 27.2. The van der Waals surface area contributed by atoms with E-state index >= 15 is 0 Å². The number of benzene rings is 1. The van der Waals surface area contributed by atoms with E-state index in [1.165, 1.54) is 50.3 Å². The second kappa shape index (κ2) is 14.2. The lowest BCUT2D eigenvalue weighted by Gasteiger charge is -2.30. The number of carbonyl (C=O) groups excluding carboxylic acids is 1. The van der Waals surface area contributed by atoms with Crippen molar-refractivity contribution >= 4 is 34.6 Å². The van der Waals surface area contributed by atoms with E-state index in [4.69, 9.17) is 14.5 Å². The van der Waals surface area contributed by atoms with Crippen molar-refractivity contribution in [3.8, 4) is 11.5 Å². The van der Waals surface area contributed by atoms with Crippen LogP contribution in [0.2, 0.25) is 0 Å². The highest BCUT2D eigenvalue weighted by Crippen LogP contribution is 2.39. The molecule has 2 aromatic rings. The number of pyridine rings is 1. The summed E-state index contributed by atoms with van der Waals surface area (Å²) in [5.41, 5.74) is 1.67. The highest BCUT2D eigenvalue weighted by atomic mass is 32.2. The minimum atomic E-state index is 0.0295. The molecule has 1 aliphatic carbocycles. The van der Waals surface area contributed by atoms with Gasteiger partial charge in [0.25, 0.3) is 5.91 Å². The summed E-state index contributed by atoms with van der Waals surface area (Å²) in [6.45, 7) is 2.92. The molecule has 1 saturated heterocycles. The van der Waals surface area contributed by atoms with Crippen LogP contribution in [0.25, 0.3) is 6.08 Å². The van der Waals surface area contributed by atoms with Gasteiger partial charge in [-0.3, -0.25) is 14.7 Å². The Balaban J connectivity index is 1.48. The molecule has 1 aromatic carbocycles. The van der Waals surface area contributed by atoms with Gasteiger partial charge in [0.05, 0.1) is 30.5 Å². The third-order valence-electron chi connectivity index (χ3n) is 6.89. The molecule has 0 spiro atoms. The molecule has 0 N–H and O–H groups in total. The Bertz CT molecular complexity index is 1080. The number of aromatic nitrogens is 1. The summed E-state index contributed by atoms with van der Waals surface area (Å²) in [5.74, 6) is 1.46. The summed E-state index contributed by atoms with van der Waals surface area (Å²) in [5, 5.41) is 0.738. The van der Waals surface area contributed by atoms with Gasteiger partial charge in [0, 0.05) is 12.2 Å². The van der Waals surface area contributed by atoms with Crippen molar-refractivity contribution in [2.24, 2.45) is 4.99 Å². The Morgan fingerprint density at radius 3 is 2.65 bits per heavy atom. The lowest BCUT2D eigenvalue weighted by atomic mass is 9.94. The first-order chi connectivity index (χ1) is 18.2. The highest BCUT2D eigenvalue weighted by molar-refractivity contribution is 8.18. The van der Waals surface area contributed by atoms with Crippen LogP contribution in [-0.2, 0) is 4.79 Å². The van der Waals surface area contributed by atoms with Gasteiger partial charge in [-0.25, -0.2) is 4.99 Å². The van der Waals surface area contributed by atoms with Gasteiger partial charge in [0.2, 0.25) is 0 Å². The molecule has 1 saturated carbocycles. The fourth-order valence-electron chi connectivity index (χ4n) is 4.87. The fraction of sp³-hybridized carbons (Fsp3) is 0.500. The Morgan fingerprint density at radius 2 is 1.89 bits per heavy atom. The Morgan fingerprint density at radius 1 is 1.08 bits per heavy atom. The molecule has 6 nitrogen and oxygen atoms in total. The van der Waals surface area contributed by atoms with Gasteiger partial charge in [0.1, 0.15) is 0 Å². The van der Waals surface area contributed by atoms with Gasteiger partial charge in [-0.1, -0.05) is 64.4 Å². The number of hydrogen-bond acceptors (Lipinski definition) is 6. The number of amides is 1. The average molecular weight is 522 g/mol. The van der Waals surface area contributed by atoms with E-state index < -0.39 is 0 Å². The number of unbranched alkanes of at least 4 members (excludes halogenated alkanes) is 5. The maximum atomic E-state index is 13.6. The smallest absolute Gasteiger partial charge is 0.267 e. The van der Waals surface area contributed by atoms with Gasteiger partial charge in [0.15, 0.2) is 16.7 Å². The number of thioether (sulfide) groups is 1. The summed E-state index contributed by atoms with van der Waals surface area (Å²) >= 11 is 1.44. The molecule has 0 unspecified atom stereocenters. The lowest BCUT2D eigenvalue weighted by molar-refractivity contribution is -0.124. The Labute approximate surface area is 225 Å². The Kier molecular flexibility index (Phi) is 10.5. The molecule has 2 aliphatic rings. The van der Waals surface area contributed by atoms with Crippen molar-refractivity contribution in [2.45, 2.75) is 83.6 Å². The van der Waals surface area contributed by atoms with Crippen molar-refractivity contribution in [2.75, 3.05) is 13.7 Å². The van der Waals surface area contributed by atoms with Crippen molar-refractivity contribution in [3.63, 3.8) is 0 Å². The quantitative estimate of drug-likeness (QED) is 0.211.